The number of halogens is 2. The van der Waals surface area contributed by atoms with Crippen molar-refractivity contribution in [2.45, 2.75) is 4.83 Å². The fourth-order valence-corrected chi connectivity index (χ4v) is 3.96. The number of ether oxygens (including phenoxy) is 1. The normalized spacial score (nSPS) is 12.3. The second-order valence-corrected chi connectivity index (χ2v) is 6.63. The summed E-state index contributed by atoms with van der Waals surface area (Å²) in [5.74, 6) is 0.851. The highest BCUT2D eigenvalue weighted by Crippen LogP contribution is 2.37. The molecule has 1 nitrogen and oxygen atoms in total. The first-order valence-electron chi connectivity index (χ1n) is 6.65. The van der Waals surface area contributed by atoms with Crippen molar-refractivity contribution in [3.8, 4) is 5.75 Å². The Bertz CT molecular complexity index is 783. The predicted molar refractivity (Wildman–Crippen MR) is 95.4 cm³/mol. The highest BCUT2D eigenvalue weighted by atomic mass is 79.9. The summed E-state index contributed by atoms with van der Waals surface area (Å²) in [5, 5.41) is 2.51. The van der Waals surface area contributed by atoms with Crippen molar-refractivity contribution in [3.05, 3.63) is 76.3 Å². The van der Waals surface area contributed by atoms with Crippen LogP contribution in [-0.4, -0.2) is 7.11 Å². The molecular formula is C18H14Br2O. The molecule has 0 bridgehead atoms. The lowest BCUT2D eigenvalue weighted by Crippen LogP contribution is -1.95. The van der Waals surface area contributed by atoms with Gasteiger partial charge in [0.15, 0.2) is 0 Å². The zero-order valence-electron chi connectivity index (χ0n) is 11.5. The number of benzene rings is 3. The van der Waals surface area contributed by atoms with Crippen LogP contribution in [0, 0.1) is 0 Å². The molecular weight excluding hydrogens is 392 g/mol. The van der Waals surface area contributed by atoms with Crippen LogP contribution in [0.5, 0.6) is 5.75 Å². The van der Waals surface area contributed by atoms with Gasteiger partial charge in [0.2, 0.25) is 0 Å². The Hall–Kier alpha value is -1.32. The van der Waals surface area contributed by atoms with Crippen molar-refractivity contribution in [3.63, 3.8) is 0 Å². The maximum Gasteiger partial charge on any atom is 0.120 e. The van der Waals surface area contributed by atoms with E-state index in [0.717, 1.165) is 10.2 Å². The molecule has 0 aliphatic heterocycles. The van der Waals surface area contributed by atoms with E-state index >= 15 is 0 Å². The molecule has 0 heterocycles. The van der Waals surface area contributed by atoms with Crippen molar-refractivity contribution in [1.82, 2.24) is 0 Å². The molecule has 0 saturated heterocycles. The lowest BCUT2D eigenvalue weighted by Gasteiger charge is -2.14. The molecule has 0 N–H and O–H groups in total. The van der Waals surface area contributed by atoms with E-state index < -0.39 is 0 Å². The smallest absolute Gasteiger partial charge is 0.120 e. The number of alkyl halides is 1. The summed E-state index contributed by atoms with van der Waals surface area (Å²) < 4.78 is 6.29. The van der Waals surface area contributed by atoms with Crippen molar-refractivity contribution >= 4 is 42.6 Å². The Morgan fingerprint density at radius 3 is 2.38 bits per heavy atom. The van der Waals surface area contributed by atoms with E-state index in [1.54, 1.807) is 7.11 Å². The third-order valence-electron chi connectivity index (χ3n) is 3.55. The van der Waals surface area contributed by atoms with Gasteiger partial charge in [-0.25, -0.2) is 0 Å². The molecule has 21 heavy (non-hydrogen) atoms. The van der Waals surface area contributed by atoms with Crippen LogP contribution in [0.4, 0.5) is 0 Å². The number of hydrogen-bond acceptors (Lipinski definition) is 1. The topological polar surface area (TPSA) is 9.23 Å². The standard InChI is InChI=1S/C18H14Br2O/c1-21-15-8-9-16(17(19)11-15)18(20)14-7-6-12-4-2-3-5-13(12)10-14/h2-11,18H,1H3. The van der Waals surface area contributed by atoms with Gasteiger partial charge in [0.25, 0.3) is 0 Å². The maximum atomic E-state index is 5.25. The highest BCUT2D eigenvalue weighted by Gasteiger charge is 2.14. The summed E-state index contributed by atoms with van der Waals surface area (Å²) in [6.07, 6.45) is 0. The molecule has 0 amide bonds. The summed E-state index contributed by atoms with van der Waals surface area (Å²) in [6, 6.07) is 21.0. The van der Waals surface area contributed by atoms with Gasteiger partial charge in [-0.2, -0.15) is 0 Å². The lowest BCUT2D eigenvalue weighted by molar-refractivity contribution is 0.414. The van der Waals surface area contributed by atoms with Gasteiger partial charge in [0.1, 0.15) is 5.75 Å². The molecule has 0 saturated carbocycles. The first kappa shape index (κ1) is 14.6. The molecule has 0 radical (unpaired) electrons. The molecule has 0 fully saturated rings. The molecule has 1 unspecified atom stereocenters. The molecule has 3 heteroatoms. The minimum Gasteiger partial charge on any atom is -0.497 e. The minimum atomic E-state index is 0.141. The number of rotatable bonds is 3. The summed E-state index contributed by atoms with van der Waals surface area (Å²) in [4.78, 5) is 0.141. The monoisotopic (exact) mass is 404 g/mol. The molecule has 0 spiro atoms. The van der Waals surface area contributed by atoms with Crippen molar-refractivity contribution < 1.29 is 4.74 Å². The summed E-state index contributed by atoms with van der Waals surface area (Å²) in [6.45, 7) is 0. The van der Waals surface area contributed by atoms with Crippen LogP contribution in [0.2, 0.25) is 0 Å². The van der Waals surface area contributed by atoms with Gasteiger partial charge in [-0.3, -0.25) is 0 Å². The van der Waals surface area contributed by atoms with Gasteiger partial charge in [-0.15, -0.1) is 0 Å². The van der Waals surface area contributed by atoms with Gasteiger partial charge in [-0.1, -0.05) is 74.3 Å². The third kappa shape index (κ3) is 2.99. The van der Waals surface area contributed by atoms with Gasteiger partial charge < -0.3 is 4.74 Å². The molecule has 3 aromatic rings. The SMILES string of the molecule is COc1ccc(C(Br)c2ccc3ccccc3c2)c(Br)c1. The summed E-state index contributed by atoms with van der Waals surface area (Å²) in [7, 11) is 1.68. The van der Waals surface area contributed by atoms with E-state index in [1.165, 1.54) is 21.9 Å². The molecule has 106 valence electrons. The van der Waals surface area contributed by atoms with E-state index in [9.17, 15) is 0 Å². The summed E-state index contributed by atoms with van der Waals surface area (Å²) in [5.41, 5.74) is 2.42. The van der Waals surface area contributed by atoms with Gasteiger partial charge in [0.05, 0.1) is 11.9 Å². The second kappa shape index (κ2) is 6.20. The molecule has 0 aliphatic carbocycles. The van der Waals surface area contributed by atoms with Gasteiger partial charge >= 0.3 is 0 Å². The Labute approximate surface area is 141 Å². The van der Waals surface area contributed by atoms with E-state index in [2.05, 4.69) is 80.4 Å². The Balaban J connectivity index is 2.01. The van der Waals surface area contributed by atoms with Crippen molar-refractivity contribution in [2.75, 3.05) is 7.11 Å². The van der Waals surface area contributed by atoms with Crippen LogP contribution in [0.1, 0.15) is 16.0 Å². The van der Waals surface area contributed by atoms with E-state index in [-0.39, 0.29) is 4.83 Å². The maximum absolute atomic E-state index is 5.25. The zero-order chi connectivity index (χ0) is 14.8. The fourth-order valence-electron chi connectivity index (χ4n) is 2.39. The van der Waals surface area contributed by atoms with Crippen molar-refractivity contribution in [2.24, 2.45) is 0 Å². The van der Waals surface area contributed by atoms with Crippen LogP contribution in [0.15, 0.2) is 65.1 Å². The Kier molecular flexibility index (Phi) is 4.32. The van der Waals surface area contributed by atoms with Gasteiger partial charge in [-0.05, 0) is 40.1 Å². The molecule has 3 rings (SSSR count). The quantitative estimate of drug-likeness (QED) is 0.478. The molecule has 0 aliphatic rings. The number of methoxy groups -OCH3 is 1. The first-order chi connectivity index (χ1) is 10.2. The average molecular weight is 406 g/mol. The minimum absolute atomic E-state index is 0.141. The second-order valence-electron chi connectivity index (χ2n) is 4.86. The number of fused-ring (bicyclic) bond motifs is 1. The van der Waals surface area contributed by atoms with E-state index in [4.69, 9.17) is 4.74 Å². The van der Waals surface area contributed by atoms with E-state index in [0.29, 0.717) is 0 Å². The highest BCUT2D eigenvalue weighted by molar-refractivity contribution is 9.11. The van der Waals surface area contributed by atoms with Crippen LogP contribution < -0.4 is 4.74 Å². The Morgan fingerprint density at radius 1 is 0.905 bits per heavy atom. The first-order valence-corrected chi connectivity index (χ1v) is 8.36. The zero-order valence-corrected chi connectivity index (χ0v) is 14.7. The average Bonchev–Trinajstić information content (AvgIpc) is 2.53. The van der Waals surface area contributed by atoms with Crippen molar-refractivity contribution in [1.29, 1.82) is 0 Å². The molecule has 1 atom stereocenters. The predicted octanol–water partition coefficient (Wildman–Crippen LogP) is 6.10. The lowest BCUT2D eigenvalue weighted by atomic mass is 10.0. The van der Waals surface area contributed by atoms with Crippen LogP contribution in [0.3, 0.4) is 0 Å². The van der Waals surface area contributed by atoms with E-state index in [1.807, 2.05) is 12.1 Å². The molecule has 0 aromatic heterocycles. The number of hydrogen-bond donors (Lipinski definition) is 0. The Morgan fingerprint density at radius 2 is 1.67 bits per heavy atom. The van der Waals surface area contributed by atoms with Crippen LogP contribution in [-0.2, 0) is 0 Å². The largest absolute Gasteiger partial charge is 0.497 e. The third-order valence-corrected chi connectivity index (χ3v) is 5.26. The van der Waals surface area contributed by atoms with Crippen LogP contribution >= 0.6 is 31.9 Å². The molecule has 3 aromatic carbocycles. The van der Waals surface area contributed by atoms with Gasteiger partial charge in [0, 0.05) is 4.47 Å². The summed E-state index contributed by atoms with van der Waals surface area (Å²) >= 11 is 7.43. The van der Waals surface area contributed by atoms with Crippen LogP contribution in [0.25, 0.3) is 10.8 Å². The fraction of sp³-hybridized carbons (Fsp3) is 0.111.